The van der Waals surface area contributed by atoms with Crippen LogP contribution in [0.5, 0.6) is 0 Å². The van der Waals surface area contributed by atoms with Crippen molar-refractivity contribution in [2.45, 2.75) is 27.2 Å². The molecule has 0 atom stereocenters. The number of aliphatic hydroxyl groups is 1. The number of nitrogens with zero attached hydrogens (tertiary/aromatic N) is 1. The molecule has 1 N–H and O–H groups in total. The molecule has 1 aromatic heterocycles. The van der Waals surface area contributed by atoms with Crippen molar-refractivity contribution in [2.24, 2.45) is 5.41 Å². The molecule has 23 heavy (non-hydrogen) atoms. The third kappa shape index (κ3) is 4.42. The molecule has 2 rings (SSSR count). The van der Waals surface area contributed by atoms with E-state index in [1.165, 1.54) is 6.07 Å². The number of hydrogen-bond donors (Lipinski definition) is 1. The minimum atomic E-state index is -0.323. The highest BCUT2D eigenvalue weighted by atomic mass is 16.3. The van der Waals surface area contributed by atoms with Crippen molar-refractivity contribution < 1.29 is 14.3 Å². The molecule has 1 aromatic carbocycles. The van der Waals surface area contributed by atoms with Crippen molar-refractivity contribution >= 4 is 16.9 Å². The van der Waals surface area contributed by atoms with Crippen molar-refractivity contribution in [3.8, 4) is 0 Å². The third-order valence-corrected chi connectivity index (χ3v) is 3.38. The van der Waals surface area contributed by atoms with Gasteiger partial charge in [-0.1, -0.05) is 32.9 Å². The minimum absolute atomic E-state index is 0.00952. The van der Waals surface area contributed by atoms with Crippen LogP contribution >= 0.6 is 0 Å². The molecule has 0 bridgehead atoms. The summed E-state index contributed by atoms with van der Waals surface area (Å²) >= 11 is 0. The smallest absolute Gasteiger partial charge is 0.289 e. The molecule has 0 aliphatic heterocycles. The zero-order chi connectivity index (χ0) is 17.0. The standard InChI is InChI=1S/C18H23NO4/c1-18(2,3)12-19(9-6-10-20)17(22)16-11-14(21)13-7-4-5-8-15(13)23-16/h4-5,7-8,11,20H,6,9-10,12H2,1-3H3. The van der Waals surface area contributed by atoms with Gasteiger partial charge in [-0.15, -0.1) is 0 Å². The zero-order valence-electron chi connectivity index (χ0n) is 13.8. The Balaban J connectivity index is 2.37. The van der Waals surface area contributed by atoms with Crippen LogP contribution in [0.4, 0.5) is 0 Å². The normalized spacial score (nSPS) is 11.7. The van der Waals surface area contributed by atoms with Gasteiger partial charge < -0.3 is 14.4 Å². The summed E-state index contributed by atoms with van der Waals surface area (Å²) in [5.41, 5.74) is 0.0803. The van der Waals surface area contributed by atoms with E-state index in [1.807, 2.05) is 20.8 Å². The number of fused-ring (bicyclic) bond motifs is 1. The number of amides is 1. The first-order valence-electron chi connectivity index (χ1n) is 7.75. The van der Waals surface area contributed by atoms with Gasteiger partial charge in [-0.25, -0.2) is 0 Å². The quantitative estimate of drug-likeness (QED) is 0.920. The molecule has 0 aliphatic rings. The highest BCUT2D eigenvalue weighted by molar-refractivity contribution is 5.93. The largest absolute Gasteiger partial charge is 0.451 e. The summed E-state index contributed by atoms with van der Waals surface area (Å²) in [6.45, 7) is 7.04. The van der Waals surface area contributed by atoms with E-state index < -0.39 is 0 Å². The lowest BCUT2D eigenvalue weighted by Gasteiger charge is -2.29. The van der Waals surface area contributed by atoms with Crippen LogP contribution in [0.1, 0.15) is 37.7 Å². The van der Waals surface area contributed by atoms with Crippen LogP contribution < -0.4 is 5.43 Å². The van der Waals surface area contributed by atoms with Crippen molar-refractivity contribution in [3.63, 3.8) is 0 Å². The number of hydrogen-bond acceptors (Lipinski definition) is 4. The highest BCUT2D eigenvalue weighted by Crippen LogP contribution is 2.19. The van der Waals surface area contributed by atoms with Crippen LogP contribution in [-0.4, -0.2) is 35.6 Å². The fourth-order valence-corrected chi connectivity index (χ4v) is 2.45. The van der Waals surface area contributed by atoms with Gasteiger partial charge in [0.05, 0.1) is 5.39 Å². The first kappa shape index (κ1) is 17.2. The molecule has 2 aromatic rings. The maximum absolute atomic E-state index is 12.7. The molecule has 5 nitrogen and oxygen atoms in total. The molecule has 0 saturated heterocycles. The van der Waals surface area contributed by atoms with Gasteiger partial charge in [0.15, 0.2) is 11.2 Å². The van der Waals surface area contributed by atoms with Gasteiger partial charge in [-0.2, -0.15) is 0 Å². The summed E-state index contributed by atoms with van der Waals surface area (Å²) in [5.74, 6) is -0.285. The summed E-state index contributed by atoms with van der Waals surface area (Å²) in [6.07, 6.45) is 0.486. The van der Waals surface area contributed by atoms with Gasteiger partial charge in [-0.3, -0.25) is 9.59 Å². The Morgan fingerprint density at radius 1 is 1.26 bits per heavy atom. The lowest BCUT2D eigenvalue weighted by Crippen LogP contribution is -2.39. The van der Waals surface area contributed by atoms with Gasteiger partial charge in [0.2, 0.25) is 0 Å². The lowest BCUT2D eigenvalue weighted by atomic mass is 9.96. The number of benzene rings is 1. The number of para-hydroxylation sites is 1. The lowest BCUT2D eigenvalue weighted by molar-refractivity contribution is 0.0651. The second-order valence-corrected chi connectivity index (χ2v) is 6.84. The fourth-order valence-electron chi connectivity index (χ4n) is 2.45. The molecule has 1 heterocycles. The molecule has 0 unspecified atom stereocenters. The molecule has 124 valence electrons. The predicted molar refractivity (Wildman–Crippen MR) is 89.5 cm³/mol. The van der Waals surface area contributed by atoms with E-state index in [0.717, 1.165) is 0 Å². The Morgan fingerprint density at radius 2 is 1.96 bits per heavy atom. The topological polar surface area (TPSA) is 70.8 Å². The molecule has 0 radical (unpaired) electrons. The second kappa shape index (κ2) is 6.96. The molecular weight excluding hydrogens is 294 g/mol. The SMILES string of the molecule is CC(C)(C)CN(CCCO)C(=O)c1cc(=O)c2ccccc2o1. The van der Waals surface area contributed by atoms with Gasteiger partial charge in [0, 0.05) is 25.8 Å². The maximum atomic E-state index is 12.7. The molecule has 0 aliphatic carbocycles. The zero-order valence-corrected chi connectivity index (χ0v) is 13.8. The van der Waals surface area contributed by atoms with Crippen molar-refractivity contribution in [3.05, 3.63) is 46.3 Å². The van der Waals surface area contributed by atoms with E-state index in [1.54, 1.807) is 29.2 Å². The van der Waals surface area contributed by atoms with Gasteiger partial charge in [0.25, 0.3) is 5.91 Å². The van der Waals surface area contributed by atoms with E-state index >= 15 is 0 Å². The maximum Gasteiger partial charge on any atom is 0.289 e. The molecular formula is C18H23NO4. The van der Waals surface area contributed by atoms with Gasteiger partial charge >= 0.3 is 0 Å². The fraction of sp³-hybridized carbons (Fsp3) is 0.444. The Bertz CT molecular complexity index is 743. The van der Waals surface area contributed by atoms with Crippen LogP contribution in [0.3, 0.4) is 0 Å². The Kier molecular flexibility index (Phi) is 5.21. The number of rotatable bonds is 5. The first-order chi connectivity index (χ1) is 10.8. The van der Waals surface area contributed by atoms with E-state index in [0.29, 0.717) is 30.5 Å². The van der Waals surface area contributed by atoms with E-state index in [-0.39, 0.29) is 29.1 Å². The van der Waals surface area contributed by atoms with E-state index in [2.05, 4.69) is 0 Å². The number of carbonyl (C=O) groups excluding carboxylic acids is 1. The van der Waals surface area contributed by atoms with Gasteiger partial charge in [-0.05, 0) is 24.0 Å². The van der Waals surface area contributed by atoms with Crippen LogP contribution in [-0.2, 0) is 0 Å². The average molecular weight is 317 g/mol. The van der Waals surface area contributed by atoms with Crippen molar-refractivity contribution in [1.29, 1.82) is 0 Å². The summed E-state index contributed by atoms with van der Waals surface area (Å²) in [6, 6.07) is 8.12. The monoisotopic (exact) mass is 317 g/mol. The molecule has 1 amide bonds. The van der Waals surface area contributed by atoms with Crippen LogP contribution in [0.15, 0.2) is 39.5 Å². The summed E-state index contributed by atoms with van der Waals surface area (Å²) < 4.78 is 5.63. The molecule has 0 saturated carbocycles. The Morgan fingerprint density at radius 3 is 2.61 bits per heavy atom. The van der Waals surface area contributed by atoms with Crippen LogP contribution in [0.25, 0.3) is 11.0 Å². The van der Waals surface area contributed by atoms with Crippen molar-refractivity contribution in [2.75, 3.05) is 19.7 Å². The molecule has 0 spiro atoms. The predicted octanol–water partition coefficient (Wildman–Crippen LogP) is 2.66. The Hall–Kier alpha value is -2.14. The number of aliphatic hydroxyl groups excluding tert-OH is 1. The molecule has 5 heteroatoms. The third-order valence-electron chi connectivity index (χ3n) is 3.38. The summed E-state index contributed by atoms with van der Waals surface area (Å²) in [7, 11) is 0. The van der Waals surface area contributed by atoms with E-state index in [4.69, 9.17) is 9.52 Å². The number of carbonyl (C=O) groups is 1. The van der Waals surface area contributed by atoms with E-state index in [9.17, 15) is 9.59 Å². The second-order valence-electron chi connectivity index (χ2n) is 6.84. The highest BCUT2D eigenvalue weighted by Gasteiger charge is 2.24. The minimum Gasteiger partial charge on any atom is -0.451 e. The summed E-state index contributed by atoms with van der Waals surface area (Å²) in [4.78, 5) is 26.5. The van der Waals surface area contributed by atoms with Gasteiger partial charge in [0.1, 0.15) is 5.58 Å². The summed E-state index contributed by atoms with van der Waals surface area (Å²) in [5, 5.41) is 9.50. The van der Waals surface area contributed by atoms with Crippen molar-refractivity contribution in [1.82, 2.24) is 4.90 Å². The molecule has 0 fully saturated rings. The van der Waals surface area contributed by atoms with Crippen LogP contribution in [0.2, 0.25) is 0 Å². The average Bonchev–Trinajstić information content (AvgIpc) is 2.49. The Labute approximate surface area is 135 Å². The first-order valence-corrected chi connectivity index (χ1v) is 7.75. The van der Waals surface area contributed by atoms with Crippen LogP contribution in [0, 0.1) is 5.41 Å².